The number of nitrogens with one attached hydrogen (secondary N) is 1. The molecule has 19 heavy (non-hydrogen) atoms. The lowest BCUT2D eigenvalue weighted by atomic mass is 10.1. The average Bonchev–Trinajstić information content (AvgIpc) is 2.30. The van der Waals surface area contributed by atoms with Crippen molar-refractivity contribution in [2.45, 2.75) is 6.42 Å². The van der Waals surface area contributed by atoms with Gasteiger partial charge >= 0.3 is 0 Å². The van der Waals surface area contributed by atoms with Crippen LogP contribution in [0.2, 0.25) is 15.3 Å². The fraction of sp³-hybridized carbons (Fsp3) is 0.182. The molecule has 0 aliphatic rings. The molecule has 0 unspecified atom stereocenters. The van der Waals surface area contributed by atoms with Crippen molar-refractivity contribution in [1.82, 2.24) is 15.0 Å². The highest BCUT2D eigenvalue weighted by Crippen LogP contribution is 2.21. The van der Waals surface area contributed by atoms with Gasteiger partial charge < -0.3 is 11.1 Å². The lowest BCUT2D eigenvalue weighted by Crippen LogP contribution is -2.10. The van der Waals surface area contributed by atoms with Gasteiger partial charge in [-0.1, -0.05) is 29.3 Å². The van der Waals surface area contributed by atoms with Crippen LogP contribution in [0.25, 0.3) is 0 Å². The molecule has 0 spiro atoms. The molecule has 0 amide bonds. The summed E-state index contributed by atoms with van der Waals surface area (Å²) in [5.74, 6) is 0.412. The largest absolute Gasteiger partial charge is 0.368 e. The monoisotopic (exact) mass is 317 g/mol. The molecule has 1 aromatic carbocycles. The van der Waals surface area contributed by atoms with Crippen molar-refractivity contribution < 1.29 is 0 Å². The van der Waals surface area contributed by atoms with E-state index in [9.17, 15) is 0 Å². The number of nitrogens with zero attached hydrogens (tertiary/aromatic N) is 3. The van der Waals surface area contributed by atoms with E-state index < -0.39 is 0 Å². The van der Waals surface area contributed by atoms with E-state index in [4.69, 9.17) is 40.5 Å². The summed E-state index contributed by atoms with van der Waals surface area (Å²) in [7, 11) is 0. The number of hydrogen-bond acceptors (Lipinski definition) is 5. The molecule has 0 aliphatic heterocycles. The van der Waals surface area contributed by atoms with Crippen LogP contribution >= 0.6 is 34.8 Å². The zero-order chi connectivity index (χ0) is 13.8. The van der Waals surface area contributed by atoms with Gasteiger partial charge in [0.1, 0.15) is 0 Å². The Kier molecular flexibility index (Phi) is 4.63. The summed E-state index contributed by atoms with van der Waals surface area (Å²) in [6.07, 6.45) is 0.694. The van der Waals surface area contributed by atoms with E-state index in [0.717, 1.165) is 5.56 Å². The second-order valence-corrected chi connectivity index (χ2v) is 4.88. The van der Waals surface area contributed by atoms with E-state index in [1.54, 1.807) is 12.1 Å². The maximum absolute atomic E-state index is 6.07. The Morgan fingerprint density at radius 1 is 1.11 bits per heavy atom. The Morgan fingerprint density at radius 2 is 1.89 bits per heavy atom. The van der Waals surface area contributed by atoms with Crippen molar-refractivity contribution in [2.75, 3.05) is 17.6 Å². The van der Waals surface area contributed by atoms with Crippen molar-refractivity contribution in [3.63, 3.8) is 0 Å². The van der Waals surface area contributed by atoms with Crippen molar-refractivity contribution in [2.24, 2.45) is 0 Å². The Hall–Kier alpha value is -1.30. The molecule has 0 bridgehead atoms. The highest BCUT2D eigenvalue weighted by atomic mass is 35.5. The molecule has 0 fully saturated rings. The van der Waals surface area contributed by atoms with Gasteiger partial charge in [0.25, 0.3) is 0 Å². The van der Waals surface area contributed by atoms with E-state index in [1.165, 1.54) is 0 Å². The third kappa shape index (κ3) is 4.09. The smallest absolute Gasteiger partial charge is 0.228 e. The molecule has 0 radical (unpaired) electrons. The quantitative estimate of drug-likeness (QED) is 0.906. The van der Waals surface area contributed by atoms with E-state index in [1.807, 2.05) is 6.07 Å². The second-order valence-electron chi connectivity index (χ2n) is 3.70. The zero-order valence-corrected chi connectivity index (χ0v) is 12.0. The van der Waals surface area contributed by atoms with E-state index in [2.05, 4.69) is 20.3 Å². The topological polar surface area (TPSA) is 76.7 Å². The van der Waals surface area contributed by atoms with E-state index in [0.29, 0.717) is 29.0 Å². The molecular formula is C11H10Cl3N5. The minimum absolute atomic E-state index is 0.0551. The van der Waals surface area contributed by atoms with Crippen LogP contribution in [0, 0.1) is 0 Å². The molecule has 3 N–H and O–H groups in total. The molecule has 0 aliphatic carbocycles. The summed E-state index contributed by atoms with van der Waals surface area (Å²) in [4.78, 5) is 11.5. The molecule has 5 nitrogen and oxygen atoms in total. The van der Waals surface area contributed by atoms with Gasteiger partial charge in [-0.05, 0) is 35.7 Å². The maximum Gasteiger partial charge on any atom is 0.228 e. The highest BCUT2D eigenvalue weighted by Gasteiger charge is 2.04. The number of nitrogen functional groups attached to an aromatic ring is 1. The number of aromatic nitrogens is 3. The van der Waals surface area contributed by atoms with Gasteiger partial charge in [-0.2, -0.15) is 15.0 Å². The first-order valence-electron chi connectivity index (χ1n) is 5.39. The highest BCUT2D eigenvalue weighted by molar-refractivity contribution is 6.35. The van der Waals surface area contributed by atoms with E-state index >= 15 is 0 Å². The third-order valence-electron chi connectivity index (χ3n) is 2.32. The Labute approximate surface area is 125 Å². The molecule has 1 aromatic heterocycles. The van der Waals surface area contributed by atoms with Gasteiger partial charge in [0.2, 0.25) is 17.2 Å². The van der Waals surface area contributed by atoms with Crippen LogP contribution in [-0.2, 0) is 6.42 Å². The van der Waals surface area contributed by atoms with Crippen molar-refractivity contribution in [1.29, 1.82) is 0 Å². The second kappa shape index (κ2) is 6.23. The molecule has 100 valence electrons. The van der Waals surface area contributed by atoms with Crippen LogP contribution in [-0.4, -0.2) is 21.5 Å². The fourth-order valence-electron chi connectivity index (χ4n) is 1.48. The summed E-state index contributed by atoms with van der Waals surface area (Å²) >= 11 is 17.6. The summed E-state index contributed by atoms with van der Waals surface area (Å²) in [5, 5.41) is 4.29. The SMILES string of the molecule is Nc1nc(Cl)nc(NCCc2ccc(Cl)cc2Cl)n1. The van der Waals surface area contributed by atoms with Crippen LogP contribution in [0.1, 0.15) is 5.56 Å². The third-order valence-corrected chi connectivity index (χ3v) is 3.07. The number of halogens is 3. The minimum Gasteiger partial charge on any atom is -0.368 e. The Balaban J connectivity index is 1.96. The lowest BCUT2D eigenvalue weighted by molar-refractivity contribution is 0.968. The molecule has 0 saturated carbocycles. The summed E-state index contributed by atoms with van der Waals surface area (Å²) < 4.78 is 0. The standard InChI is InChI=1S/C11H10Cl3N5/c12-7-2-1-6(8(13)5-7)3-4-16-11-18-9(14)17-10(15)19-11/h1-2,5H,3-4H2,(H3,15,16,17,18,19). The fourth-order valence-corrected chi connectivity index (χ4v) is 2.15. The van der Waals surface area contributed by atoms with Crippen LogP contribution in [0.3, 0.4) is 0 Å². The summed E-state index contributed by atoms with van der Waals surface area (Å²) in [6, 6.07) is 5.37. The predicted molar refractivity (Wildman–Crippen MR) is 77.9 cm³/mol. The normalized spacial score (nSPS) is 10.5. The maximum atomic E-state index is 6.07. The molecule has 8 heteroatoms. The van der Waals surface area contributed by atoms with Crippen LogP contribution in [0.5, 0.6) is 0 Å². The summed E-state index contributed by atoms with van der Waals surface area (Å²) in [5.41, 5.74) is 6.44. The van der Waals surface area contributed by atoms with Gasteiger partial charge in [-0.3, -0.25) is 0 Å². The van der Waals surface area contributed by atoms with Gasteiger partial charge in [0, 0.05) is 16.6 Å². The van der Waals surface area contributed by atoms with Crippen molar-refractivity contribution in [3.8, 4) is 0 Å². The molecular weight excluding hydrogens is 309 g/mol. The number of benzene rings is 1. The van der Waals surface area contributed by atoms with Crippen LogP contribution < -0.4 is 11.1 Å². The van der Waals surface area contributed by atoms with E-state index in [-0.39, 0.29) is 11.2 Å². The molecule has 1 heterocycles. The molecule has 2 rings (SSSR count). The van der Waals surface area contributed by atoms with Crippen LogP contribution in [0.4, 0.5) is 11.9 Å². The lowest BCUT2D eigenvalue weighted by Gasteiger charge is -2.07. The Bertz CT molecular complexity index is 570. The number of hydrogen-bond donors (Lipinski definition) is 2. The average molecular weight is 319 g/mol. The number of anilines is 2. The minimum atomic E-state index is 0.0551. The van der Waals surface area contributed by atoms with Gasteiger partial charge in [-0.25, -0.2) is 0 Å². The zero-order valence-electron chi connectivity index (χ0n) is 9.70. The molecule has 2 aromatic rings. The molecule has 0 atom stereocenters. The van der Waals surface area contributed by atoms with Crippen molar-refractivity contribution >= 4 is 46.7 Å². The van der Waals surface area contributed by atoms with Crippen LogP contribution in [0.15, 0.2) is 18.2 Å². The summed E-state index contributed by atoms with van der Waals surface area (Å²) in [6.45, 7) is 0.584. The Morgan fingerprint density at radius 3 is 2.58 bits per heavy atom. The van der Waals surface area contributed by atoms with Gasteiger partial charge in [0.15, 0.2) is 0 Å². The first kappa shape index (κ1) is 14.1. The van der Waals surface area contributed by atoms with Gasteiger partial charge in [-0.15, -0.1) is 0 Å². The predicted octanol–water partition coefficient (Wildman–Crippen LogP) is 3.07. The van der Waals surface area contributed by atoms with Gasteiger partial charge in [0.05, 0.1) is 0 Å². The number of nitrogens with two attached hydrogens (primary N) is 1. The first-order chi connectivity index (χ1) is 9.04. The first-order valence-corrected chi connectivity index (χ1v) is 6.53. The van der Waals surface area contributed by atoms with Crippen molar-refractivity contribution in [3.05, 3.63) is 39.1 Å². The number of rotatable bonds is 4. The molecule has 0 saturated heterocycles.